The van der Waals surface area contributed by atoms with Crippen LogP contribution in [0.2, 0.25) is 0 Å². The van der Waals surface area contributed by atoms with Gasteiger partial charge in [0.05, 0.1) is 11.7 Å². The van der Waals surface area contributed by atoms with Crippen LogP contribution in [0.3, 0.4) is 0 Å². The lowest BCUT2D eigenvalue weighted by atomic mass is 9.86. The first kappa shape index (κ1) is 23.7. The SMILES string of the molecule is O=C(NC1CCc2ccccc21)c1ccccc1C1CCN(CCN2C(=O)COc3ccccc32)CC1. The quantitative estimate of drug-likeness (QED) is 0.538. The second-order valence-corrected chi connectivity index (χ2v) is 10.3. The van der Waals surface area contributed by atoms with Gasteiger partial charge in [-0.05, 0) is 79.6 Å². The number of aryl methyl sites for hydroxylation is 1. The van der Waals surface area contributed by atoms with Crippen LogP contribution in [0.5, 0.6) is 5.75 Å². The predicted molar refractivity (Wildman–Crippen MR) is 144 cm³/mol. The molecule has 1 aliphatic carbocycles. The summed E-state index contributed by atoms with van der Waals surface area (Å²) in [4.78, 5) is 30.2. The van der Waals surface area contributed by atoms with E-state index in [-0.39, 0.29) is 24.5 Å². The molecule has 2 heterocycles. The first-order valence-corrected chi connectivity index (χ1v) is 13.4. The molecule has 37 heavy (non-hydrogen) atoms. The van der Waals surface area contributed by atoms with Crippen molar-refractivity contribution in [2.24, 2.45) is 0 Å². The van der Waals surface area contributed by atoms with Gasteiger partial charge in [-0.25, -0.2) is 0 Å². The molecule has 3 aromatic carbocycles. The molecule has 3 aromatic rings. The summed E-state index contributed by atoms with van der Waals surface area (Å²) in [5, 5.41) is 3.31. The summed E-state index contributed by atoms with van der Waals surface area (Å²) < 4.78 is 5.57. The number of carbonyl (C=O) groups excluding carboxylic acids is 2. The number of anilines is 1. The van der Waals surface area contributed by atoms with Crippen molar-refractivity contribution < 1.29 is 14.3 Å². The number of hydrogen-bond acceptors (Lipinski definition) is 4. The molecule has 1 unspecified atom stereocenters. The van der Waals surface area contributed by atoms with Crippen molar-refractivity contribution in [2.75, 3.05) is 37.7 Å². The average molecular weight is 496 g/mol. The topological polar surface area (TPSA) is 61.9 Å². The lowest BCUT2D eigenvalue weighted by Gasteiger charge is -2.35. The van der Waals surface area contributed by atoms with Crippen LogP contribution in [0.15, 0.2) is 72.8 Å². The summed E-state index contributed by atoms with van der Waals surface area (Å²) in [6.45, 7) is 3.50. The van der Waals surface area contributed by atoms with Crippen LogP contribution >= 0.6 is 0 Å². The van der Waals surface area contributed by atoms with E-state index in [9.17, 15) is 9.59 Å². The van der Waals surface area contributed by atoms with Gasteiger partial charge < -0.3 is 19.9 Å². The smallest absolute Gasteiger partial charge is 0.265 e. The number of nitrogens with one attached hydrogen (secondary N) is 1. The summed E-state index contributed by atoms with van der Waals surface area (Å²) in [7, 11) is 0. The maximum absolute atomic E-state index is 13.4. The third-order valence-electron chi connectivity index (χ3n) is 8.12. The number of nitrogens with zero attached hydrogens (tertiary/aromatic N) is 2. The molecule has 1 atom stereocenters. The Morgan fingerprint density at radius 2 is 1.59 bits per heavy atom. The molecule has 1 N–H and O–H groups in total. The maximum Gasteiger partial charge on any atom is 0.265 e. The number of benzene rings is 3. The fraction of sp³-hybridized carbons (Fsp3) is 0.355. The van der Waals surface area contributed by atoms with Crippen molar-refractivity contribution in [1.29, 1.82) is 0 Å². The minimum Gasteiger partial charge on any atom is -0.482 e. The summed E-state index contributed by atoms with van der Waals surface area (Å²) in [5.74, 6) is 1.18. The van der Waals surface area contributed by atoms with E-state index < -0.39 is 0 Å². The van der Waals surface area contributed by atoms with Gasteiger partial charge in [0.25, 0.3) is 11.8 Å². The van der Waals surface area contributed by atoms with Crippen molar-refractivity contribution in [2.45, 2.75) is 37.6 Å². The zero-order chi connectivity index (χ0) is 25.2. The largest absolute Gasteiger partial charge is 0.482 e. The molecule has 1 saturated heterocycles. The second-order valence-electron chi connectivity index (χ2n) is 10.3. The van der Waals surface area contributed by atoms with Crippen molar-refractivity contribution in [3.63, 3.8) is 0 Å². The number of fused-ring (bicyclic) bond motifs is 2. The second kappa shape index (κ2) is 10.4. The fourth-order valence-electron chi connectivity index (χ4n) is 6.11. The van der Waals surface area contributed by atoms with Gasteiger partial charge in [-0.3, -0.25) is 9.59 Å². The Labute approximate surface area is 218 Å². The highest BCUT2D eigenvalue weighted by Gasteiger charge is 2.29. The number of hydrogen-bond donors (Lipinski definition) is 1. The van der Waals surface area contributed by atoms with Crippen molar-refractivity contribution in [3.05, 3.63) is 95.1 Å². The van der Waals surface area contributed by atoms with Crippen molar-refractivity contribution in [1.82, 2.24) is 10.2 Å². The van der Waals surface area contributed by atoms with Gasteiger partial charge in [0.1, 0.15) is 5.75 Å². The van der Waals surface area contributed by atoms with Gasteiger partial charge in [0, 0.05) is 18.7 Å². The van der Waals surface area contributed by atoms with E-state index in [4.69, 9.17) is 4.74 Å². The van der Waals surface area contributed by atoms with Gasteiger partial charge in [-0.15, -0.1) is 0 Å². The molecule has 0 bridgehead atoms. The summed E-state index contributed by atoms with van der Waals surface area (Å²) in [6, 6.07) is 24.4. The first-order valence-electron chi connectivity index (χ1n) is 13.4. The van der Waals surface area contributed by atoms with Crippen molar-refractivity contribution in [3.8, 4) is 5.75 Å². The third-order valence-corrected chi connectivity index (χ3v) is 8.12. The molecule has 1 fully saturated rings. The Kier molecular flexibility index (Phi) is 6.66. The number of ether oxygens (including phenoxy) is 1. The van der Waals surface area contributed by atoms with Crippen LogP contribution in [0.4, 0.5) is 5.69 Å². The highest BCUT2D eigenvalue weighted by atomic mass is 16.5. The zero-order valence-electron chi connectivity index (χ0n) is 21.1. The minimum absolute atomic E-state index is 0.0124. The monoisotopic (exact) mass is 495 g/mol. The highest BCUT2D eigenvalue weighted by molar-refractivity contribution is 5.98. The Balaban J connectivity index is 1.07. The maximum atomic E-state index is 13.4. The van der Waals surface area contributed by atoms with Crippen LogP contribution in [0.25, 0.3) is 0 Å². The van der Waals surface area contributed by atoms with E-state index in [2.05, 4.69) is 40.5 Å². The molecule has 6 heteroatoms. The van der Waals surface area contributed by atoms with Crippen LogP contribution in [-0.4, -0.2) is 49.5 Å². The first-order chi connectivity index (χ1) is 18.2. The van der Waals surface area contributed by atoms with Gasteiger partial charge in [0.15, 0.2) is 6.61 Å². The van der Waals surface area contributed by atoms with Gasteiger partial charge in [-0.1, -0.05) is 54.6 Å². The number of likely N-dealkylation sites (tertiary alicyclic amines) is 1. The standard InChI is InChI=1S/C31H33N3O3/c35-30-21-37-29-12-6-5-11-28(29)34(30)20-19-33-17-15-23(16-18-33)24-8-3-4-10-26(24)31(36)32-27-14-13-22-7-1-2-9-25(22)27/h1-12,23,27H,13-21H2,(H,32,36). The minimum atomic E-state index is 0.0124. The van der Waals surface area contributed by atoms with Crippen LogP contribution in [0, 0.1) is 0 Å². The van der Waals surface area contributed by atoms with Crippen LogP contribution in [0.1, 0.15) is 58.3 Å². The van der Waals surface area contributed by atoms with E-state index in [1.807, 2.05) is 47.4 Å². The average Bonchev–Trinajstić information content (AvgIpc) is 3.35. The molecule has 0 radical (unpaired) electrons. The molecule has 2 amide bonds. The predicted octanol–water partition coefficient (Wildman–Crippen LogP) is 4.71. The van der Waals surface area contributed by atoms with Crippen LogP contribution < -0.4 is 15.0 Å². The van der Waals surface area contributed by atoms with E-state index in [1.165, 1.54) is 11.1 Å². The lowest BCUT2D eigenvalue weighted by molar-refractivity contribution is -0.121. The molecule has 2 aliphatic heterocycles. The molecule has 6 nitrogen and oxygen atoms in total. The van der Waals surface area contributed by atoms with Crippen LogP contribution in [-0.2, 0) is 11.2 Å². The Morgan fingerprint density at radius 1 is 0.865 bits per heavy atom. The lowest BCUT2D eigenvalue weighted by Crippen LogP contribution is -2.45. The van der Waals surface area contributed by atoms with Gasteiger partial charge in [0.2, 0.25) is 0 Å². The third kappa shape index (κ3) is 4.86. The summed E-state index contributed by atoms with van der Waals surface area (Å²) >= 11 is 0. The molecule has 0 aromatic heterocycles. The van der Waals surface area contributed by atoms with E-state index in [1.54, 1.807) is 0 Å². The number of rotatable bonds is 6. The summed E-state index contributed by atoms with van der Waals surface area (Å²) in [5.41, 5.74) is 5.42. The molecule has 190 valence electrons. The van der Waals surface area contributed by atoms with E-state index in [0.717, 1.165) is 67.9 Å². The fourth-order valence-corrected chi connectivity index (χ4v) is 6.11. The van der Waals surface area contributed by atoms with Gasteiger partial charge >= 0.3 is 0 Å². The molecule has 6 rings (SSSR count). The molecule has 0 saturated carbocycles. The van der Waals surface area contributed by atoms with Crippen molar-refractivity contribution >= 4 is 17.5 Å². The Bertz CT molecular complexity index is 1300. The summed E-state index contributed by atoms with van der Waals surface area (Å²) in [6.07, 6.45) is 3.99. The number of piperidine rings is 1. The number of amides is 2. The normalized spacial score (nSPS) is 19.7. The molecule has 3 aliphatic rings. The number of carbonyl (C=O) groups is 2. The molecule has 0 spiro atoms. The molecular formula is C31H33N3O3. The van der Waals surface area contributed by atoms with E-state index >= 15 is 0 Å². The van der Waals surface area contributed by atoms with E-state index in [0.29, 0.717) is 12.5 Å². The Hall–Kier alpha value is -3.64. The highest BCUT2D eigenvalue weighted by Crippen LogP contribution is 2.34. The van der Waals surface area contributed by atoms with Gasteiger partial charge in [-0.2, -0.15) is 0 Å². The zero-order valence-corrected chi connectivity index (χ0v) is 21.1. The number of para-hydroxylation sites is 2. The Morgan fingerprint density at radius 3 is 2.46 bits per heavy atom. The molecular weight excluding hydrogens is 462 g/mol.